The molecule has 0 aliphatic rings. The van der Waals surface area contributed by atoms with Gasteiger partial charge in [0.05, 0.1) is 11.9 Å². The highest BCUT2D eigenvalue weighted by Gasteiger charge is 2.23. The van der Waals surface area contributed by atoms with Crippen LogP contribution in [0.3, 0.4) is 0 Å². The molecule has 0 aliphatic carbocycles. The van der Waals surface area contributed by atoms with E-state index in [9.17, 15) is 8.42 Å². The minimum atomic E-state index is -3.94. The molecule has 34 heavy (non-hydrogen) atoms. The van der Waals surface area contributed by atoms with Crippen molar-refractivity contribution in [1.82, 2.24) is 19.7 Å². The summed E-state index contributed by atoms with van der Waals surface area (Å²) in [6.07, 6.45) is 4.20. The topological polar surface area (TPSA) is 99.0 Å². The largest absolute Gasteiger partial charge is 0.438 e. The van der Waals surface area contributed by atoms with Crippen LogP contribution in [0.1, 0.15) is 30.0 Å². The Morgan fingerprint density at radius 1 is 1.00 bits per heavy atom. The molecular weight excluding hydrogens is 450 g/mol. The lowest BCUT2D eigenvalue weighted by Gasteiger charge is -2.18. The summed E-state index contributed by atoms with van der Waals surface area (Å²) < 4.78 is 36.1. The second-order valence-corrected chi connectivity index (χ2v) is 9.75. The summed E-state index contributed by atoms with van der Waals surface area (Å²) in [7, 11) is -2.29. The SMILES string of the molecule is CCCc1c(Oc2ccccc2C)nc(NS(=O)(=O)c2cnn(C)c2)nc1-c1ccccc1C. The van der Waals surface area contributed by atoms with Crippen molar-refractivity contribution in [3.8, 4) is 22.9 Å². The van der Waals surface area contributed by atoms with Gasteiger partial charge in [0.1, 0.15) is 10.6 Å². The predicted octanol–water partition coefficient (Wildman–Crippen LogP) is 5.04. The van der Waals surface area contributed by atoms with Crippen molar-refractivity contribution in [3.05, 3.63) is 77.6 Å². The van der Waals surface area contributed by atoms with E-state index in [1.54, 1.807) is 7.05 Å². The summed E-state index contributed by atoms with van der Waals surface area (Å²) in [5.41, 5.74) is 4.32. The zero-order valence-corrected chi connectivity index (χ0v) is 20.4. The molecule has 8 nitrogen and oxygen atoms in total. The van der Waals surface area contributed by atoms with Crippen molar-refractivity contribution in [2.24, 2.45) is 7.05 Å². The second kappa shape index (κ2) is 9.64. The van der Waals surface area contributed by atoms with E-state index in [0.717, 1.165) is 28.7 Å². The van der Waals surface area contributed by atoms with Crippen molar-refractivity contribution >= 4 is 16.0 Å². The monoisotopic (exact) mass is 477 g/mol. The Morgan fingerprint density at radius 2 is 1.71 bits per heavy atom. The maximum atomic E-state index is 13.0. The lowest BCUT2D eigenvalue weighted by molar-refractivity contribution is 0.452. The molecule has 0 saturated heterocycles. The van der Waals surface area contributed by atoms with Crippen molar-refractivity contribution in [2.75, 3.05) is 4.72 Å². The number of ether oxygens (including phenoxy) is 1. The number of sulfonamides is 1. The molecule has 2 aromatic heterocycles. The molecule has 0 radical (unpaired) electrons. The molecule has 2 aromatic carbocycles. The molecule has 0 saturated carbocycles. The molecular formula is C25H27N5O3S. The Bertz CT molecular complexity index is 1430. The van der Waals surface area contributed by atoms with E-state index in [2.05, 4.69) is 26.7 Å². The number of aromatic nitrogens is 4. The van der Waals surface area contributed by atoms with Crippen LogP contribution in [0.4, 0.5) is 5.95 Å². The Balaban J connectivity index is 1.89. The summed E-state index contributed by atoms with van der Waals surface area (Å²) in [6.45, 7) is 6.01. The van der Waals surface area contributed by atoms with Gasteiger partial charge in [-0.2, -0.15) is 10.1 Å². The average molecular weight is 478 g/mol. The van der Waals surface area contributed by atoms with Crippen molar-refractivity contribution in [3.63, 3.8) is 0 Å². The highest BCUT2D eigenvalue weighted by molar-refractivity contribution is 7.92. The van der Waals surface area contributed by atoms with E-state index in [1.807, 2.05) is 62.4 Å². The van der Waals surface area contributed by atoms with Gasteiger partial charge < -0.3 is 4.74 Å². The highest BCUT2D eigenvalue weighted by Crippen LogP contribution is 2.35. The van der Waals surface area contributed by atoms with Crippen molar-refractivity contribution < 1.29 is 13.2 Å². The first-order chi connectivity index (χ1) is 16.3. The van der Waals surface area contributed by atoms with Gasteiger partial charge in [-0.05, 0) is 37.5 Å². The number of aryl methyl sites for hydroxylation is 3. The van der Waals surface area contributed by atoms with Crippen LogP contribution in [0.15, 0.2) is 65.8 Å². The lowest BCUT2D eigenvalue weighted by Crippen LogP contribution is -2.16. The summed E-state index contributed by atoms with van der Waals surface area (Å²) in [5, 5.41) is 3.95. The molecule has 0 bridgehead atoms. The second-order valence-electron chi connectivity index (χ2n) is 8.07. The average Bonchev–Trinajstić information content (AvgIpc) is 3.24. The van der Waals surface area contributed by atoms with E-state index >= 15 is 0 Å². The Labute approximate surface area is 199 Å². The van der Waals surface area contributed by atoms with Gasteiger partial charge in [0, 0.05) is 24.4 Å². The first kappa shape index (κ1) is 23.4. The van der Waals surface area contributed by atoms with Gasteiger partial charge in [0.25, 0.3) is 10.0 Å². The predicted molar refractivity (Wildman–Crippen MR) is 131 cm³/mol. The van der Waals surface area contributed by atoms with Crippen LogP contribution in [0.2, 0.25) is 0 Å². The molecule has 0 unspecified atom stereocenters. The Kier molecular flexibility index (Phi) is 6.65. The lowest BCUT2D eigenvalue weighted by atomic mass is 9.99. The van der Waals surface area contributed by atoms with Gasteiger partial charge >= 0.3 is 0 Å². The van der Waals surface area contributed by atoms with Gasteiger partial charge in [-0.15, -0.1) is 0 Å². The fraction of sp³-hybridized carbons (Fsp3) is 0.240. The molecule has 0 amide bonds. The fourth-order valence-corrected chi connectivity index (χ4v) is 4.55. The van der Waals surface area contributed by atoms with E-state index in [0.29, 0.717) is 23.7 Å². The molecule has 0 aliphatic heterocycles. The first-order valence-corrected chi connectivity index (χ1v) is 12.5. The van der Waals surface area contributed by atoms with Gasteiger partial charge in [-0.3, -0.25) is 4.68 Å². The maximum Gasteiger partial charge on any atom is 0.267 e. The molecule has 9 heteroatoms. The third-order valence-corrected chi connectivity index (χ3v) is 6.67. The summed E-state index contributed by atoms with van der Waals surface area (Å²) in [4.78, 5) is 9.19. The zero-order valence-electron chi connectivity index (χ0n) is 19.6. The standard InChI is InChI=1S/C25H27N5O3S/c1-5-10-21-23(20-13-8-6-11-17(20)2)27-25(29-34(31,32)19-15-26-30(4)16-19)28-24(21)33-22-14-9-7-12-18(22)3/h6-9,11-16H,5,10H2,1-4H3,(H,27,28,29). The Morgan fingerprint density at radius 3 is 2.35 bits per heavy atom. The van der Waals surface area contributed by atoms with Crippen molar-refractivity contribution in [1.29, 1.82) is 0 Å². The summed E-state index contributed by atoms with van der Waals surface area (Å²) in [5.74, 6) is 0.911. The number of hydrogen-bond acceptors (Lipinski definition) is 6. The molecule has 4 rings (SSSR count). The van der Waals surface area contributed by atoms with Crippen LogP contribution in [0.5, 0.6) is 11.6 Å². The van der Waals surface area contributed by atoms with Gasteiger partial charge in [-0.25, -0.2) is 18.1 Å². The number of hydrogen-bond donors (Lipinski definition) is 1. The zero-order chi connectivity index (χ0) is 24.3. The number of nitrogens with one attached hydrogen (secondary N) is 1. The molecule has 176 valence electrons. The Hall–Kier alpha value is -3.72. The smallest absolute Gasteiger partial charge is 0.267 e. The molecule has 0 spiro atoms. The molecule has 1 N–H and O–H groups in total. The number of benzene rings is 2. The maximum absolute atomic E-state index is 13.0. The first-order valence-electron chi connectivity index (χ1n) is 11.0. The molecule has 0 fully saturated rings. The van der Waals surface area contributed by atoms with E-state index in [-0.39, 0.29) is 10.8 Å². The van der Waals surface area contributed by atoms with E-state index in [4.69, 9.17) is 4.74 Å². The van der Waals surface area contributed by atoms with Gasteiger partial charge in [-0.1, -0.05) is 55.8 Å². The molecule has 4 aromatic rings. The summed E-state index contributed by atoms with van der Waals surface area (Å²) in [6, 6.07) is 15.5. The van der Waals surface area contributed by atoms with Crippen LogP contribution in [-0.2, 0) is 23.5 Å². The van der Waals surface area contributed by atoms with Gasteiger partial charge in [0.2, 0.25) is 11.8 Å². The molecule has 0 atom stereocenters. The number of para-hydroxylation sites is 1. The van der Waals surface area contributed by atoms with Crippen molar-refractivity contribution in [2.45, 2.75) is 38.5 Å². The quantitative estimate of drug-likeness (QED) is 0.382. The molecule has 2 heterocycles. The van der Waals surface area contributed by atoms with E-state index in [1.165, 1.54) is 17.1 Å². The van der Waals surface area contributed by atoms with Crippen LogP contribution in [0, 0.1) is 13.8 Å². The van der Waals surface area contributed by atoms with Crippen LogP contribution < -0.4 is 9.46 Å². The highest BCUT2D eigenvalue weighted by atomic mass is 32.2. The van der Waals surface area contributed by atoms with Crippen LogP contribution in [0.25, 0.3) is 11.3 Å². The fourth-order valence-electron chi connectivity index (χ4n) is 3.62. The third kappa shape index (κ3) is 4.94. The third-order valence-electron chi connectivity index (χ3n) is 5.39. The summed E-state index contributed by atoms with van der Waals surface area (Å²) >= 11 is 0. The van der Waals surface area contributed by atoms with Gasteiger partial charge in [0.15, 0.2) is 0 Å². The van der Waals surface area contributed by atoms with Crippen LogP contribution >= 0.6 is 0 Å². The minimum Gasteiger partial charge on any atom is -0.438 e. The number of rotatable bonds is 8. The minimum absolute atomic E-state index is 0.0232. The van der Waals surface area contributed by atoms with Crippen LogP contribution in [-0.4, -0.2) is 28.2 Å². The van der Waals surface area contributed by atoms with E-state index < -0.39 is 10.0 Å². The number of anilines is 1. The normalized spacial score (nSPS) is 11.4. The number of nitrogens with zero attached hydrogens (tertiary/aromatic N) is 4.